The standard InChI is InChI=1S/C22H23F3N4O3.C22H23F3N4O2.C10H8BrN3O3/c23-22(24,25)21(30)16-3-1-2-15(8-16)17-9-18-20(27-32-26-18)19(10-17)29-12-14(13-29)11-28-4-6-31-7-5-28;23-22(24,25)21(30)16-5-3-4-15(8-16)17-9-18-20(27-31-26-18)19(10-17)29-12-14(13-29)11-28-6-1-2-7-28;11-6-1-7-9(13-17-12-7)8(2-6)14-3-5(4-14)10(15)16/h1-3,8-10,14,21,30H,4-7,11-13H2;3-5,8-10,14,21,30H,1-2,6-7,11-13H2;1-2,5H,3-4H2,(H,15,16). The van der Waals surface area contributed by atoms with Gasteiger partial charge in [-0.15, -0.1) is 0 Å². The summed E-state index contributed by atoms with van der Waals surface area (Å²) < 4.78 is 98.6. The highest BCUT2D eigenvalue weighted by Gasteiger charge is 2.41. The quantitative estimate of drug-likeness (QED) is 0.0973. The van der Waals surface area contributed by atoms with Crippen LogP contribution in [0.2, 0.25) is 0 Å². The third-order valence-electron chi connectivity index (χ3n) is 15.2. The smallest absolute Gasteiger partial charge is 0.418 e. The number of anilines is 3. The number of aliphatic hydroxyl groups is 2. The molecule has 0 amide bonds. The predicted octanol–water partition coefficient (Wildman–Crippen LogP) is 8.78. The summed E-state index contributed by atoms with van der Waals surface area (Å²) in [6.45, 7) is 12.4. The molecule has 0 radical (unpaired) electrons. The molecule has 5 aliphatic heterocycles. The lowest BCUT2D eigenvalue weighted by Crippen LogP contribution is -2.53. The number of rotatable bonds is 12. The lowest BCUT2D eigenvalue weighted by atomic mass is 9.95. The zero-order chi connectivity index (χ0) is 55.9. The van der Waals surface area contributed by atoms with E-state index in [1.807, 2.05) is 29.2 Å². The van der Waals surface area contributed by atoms with Gasteiger partial charge in [0.2, 0.25) is 0 Å². The zero-order valence-corrected chi connectivity index (χ0v) is 44.3. The van der Waals surface area contributed by atoms with E-state index < -0.39 is 30.5 Å². The van der Waals surface area contributed by atoms with Gasteiger partial charge in [0, 0.05) is 81.8 Å². The Morgan fingerprint density at radius 2 is 0.963 bits per heavy atom. The van der Waals surface area contributed by atoms with Crippen molar-refractivity contribution >= 4 is 72.1 Å². The molecule has 8 aromatic rings. The second-order valence-corrected chi connectivity index (χ2v) is 21.8. The zero-order valence-electron chi connectivity index (χ0n) is 42.7. The number of ether oxygens (including phenoxy) is 1. The Bertz CT molecular complexity index is 3460. The molecule has 3 N–H and O–H groups in total. The van der Waals surface area contributed by atoms with Gasteiger partial charge in [-0.3, -0.25) is 9.69 Å². The summed E-state index contributed by atoms with van der Waals surface area (Å²) >= 11 is 3.38. The number of likely N-dealkylation sites (tertiary alicyclic amines) is 1. The molecule has 5 aromatic carbocycles. The van der Waals surface area contributed by atoms with Gasteiger partial charge in [-0.25, -0.2) is 13.9 Å². The topological polar surface area (TPSA) is 220 Å². The van der Waals surface area contributed by atoms with Crippen molar-refractivity contribution in [2.75, 3.05) is 106 Å². The summed E-state index contributed by atoms with van der Waals surface area (Å²) in [5, 5.41) is 51.7. The number of carboxylic acids is 1. The number of morpholine rings is 1. The summed E-state index contributed by atoms with van der Waals surface area (Å²) in [6, 6.07) is 22.7. The van der Waals surface area contributed by atoms with E-state index in [1.165, 1.54) is 62.3 Å². The van der Waals surface area contributed by atoms with Crippen LogP contribution in [0.15, 0.2) is 103 Å². The molecule has 80 heavy (non-hydrogen) atoms. The summed E-state index contributed by atoms with van der Waals surface area (Å²) in [7, 11) is 0. The van der Waals surface area contributed by atoms with Gasteiger partial charge in [0.25, 0.3) is 0 Å². The number of aliphatic hydroxyl groups excluding tert-OH is 2. The number of hydrogen-bond acceptors (Lipinski definition) is 18. The maximum Gasteiger partial charge on any atom is 0.418 e. The fourth-order valence-corrected chi connectivity index (χ4v) is 11.3. The largest absolute Gasteiger partial charge is 0.481 e. The van der Waals surface area contributed by atoms with E-state index in [-0.39, 0.29) is 17.0 Å². The molecule has 0 aliphatic carbocycles. The molecule has 422 valence electrons. The number of nitrogens with zero attached hydrogens (tertiary/aromatic N) is 11. The number of carboxylic acid groups (broad SMARTS) is 1. The Morgan fingerprint density at radius 3 is 1.40 bits per heavy atom. The number of fused-ring (bicyclic) bond motifs is 3. The molecule has 19 nitrogen and oxygen atoms in total. The number of alkyl halides is 6. The molecule has 5 aliphatic rings. The Hall–Kier alpha value is -6.97. The first kappa shape index (κ1) is 55.0. The van der Waals surface area contributed by atoms with Crippen molar-refractivity contribution in [3.05, 3.63) is 101 Å². The van der Waals surface area contributed by atoms with Crippen LogP contribution < -0.4 is 14.7 Å². The van der Waals surface area contributed by atoms with Gasteiger partial charge in [0.15, 0.2) is 28.8 Å². The fourth-order valence-electron chi connectivity index (χ4n) is 10.9. The monoisotopic (exact) mass is 1180 g/mol. The molecule has 13 rings (SSSR count). The lowest BCUT2D eigenvalue weighted by Gasteiger charge is -2.43. The second kappa shape index (κ2) is 22.9. The highest BCUT2D eigenvalue weighted by Crippen LogP contribution is 2.41. The van der Waals surface area contributed by atoms with Gasteiger partial charge in [-0.2, -0.15) is 26.3 Å². The maximum absolute atomic E-state index is 13.0. The van der Waals surface area contributed by atoms with Crippen LogP contribution in [0.5, 0.6) is 0 Å². The number of benzene rings is 5. The Kier molecular flexibility index (Phi) is 15.7. The first-order valence-corrected chi connectivity index (χ1v) is 26.9. The molecule has 0 bridgehead atoms. The highest BCUT2D eigenvalue weighted by atomic mass is 79.9. The Labute approximate surface area is 460 Å². The number of halogens is 7. The minimum atomic E-state index is -4.73. The van der Waals surface area contributed by atoms with Gasteiger partial charge in [-0.05, 0) is 139 Å². The van der Waals surface area contributed by atoms with E-state index in [0.29, 0.717) is 80.3 Å². The molecular formula is C54H54BrF6N11O8. The number of carbonyl (C=O) groups is 1. The van der Waals surface area contributed by atoms with Crippen molar-refractivity contribution in [1.82, 2.24) is 40.7 Å². The van der Waals surface area contributed by atoms with Crippen molar-refractivity contribution in [2.45, 2.75) is 37.4 Å². The Morgan fingerprint density at radius 1 is 0.550 bits per heavy atom. The third kappa shape index (κ3) is 12.0. The van der Waals surface area contributed by atoms with Crippen LogP contribution in [0, 0.1) is 17.8 Å². The van der Waals surface area contributed by atoms with Crippen LogP contribution in [-0.4, -0.2) is 166 Å². The van der Waals surface area contributed by atoms with Crippen LogP contribution >= 0.6 is 15.9 Å². The van der Waals surface area contributed by atoms with E-state index in [9.17, 15) is 41.4 Å². The lowest BCUT2D eigenvalue weighted by molar-refractivity contribution is -0.207. The van der Waals surface area contributed by atoms with Crippen molar-refractivity contribution < 1.29 is 65.1 Å². The molecule has 5 fully saturated rings. The molecule has 5 saturated heterocycles. The van der Waals surface area contributed by atoms with Crippen molar-refractivity contribution in [3.8, 4) is 22.3 Å². The maximum atomic E-state index is 13.0. The number of aliphatic carboxylic acids is 1. The van der Waals surface area contributed by atoms with Crippen molar-refractivity contribution in [2.24, 2.45) is 17.8 Å². The van der Waals surface area contributed by atoms with Crippen LogP contribution in [0.25, 0.3) is 55.4 Å². The summed E-state index contributed by atoms with van der Waals surface area (Å²) in [6.07, 6.45) is -12.0. The molecular weight excluding hydrogens is 1120 g/mol. The normalized spacial score (nSPS) is 18.6. The minimum Gasteiger partial charge on any atom is -0.481 e. The number of aromatic nitrogens is 6. The molecule has 8 heterocycles. The average molecular weight is 1180 g/mol. The van der Waals surface area contributed by atoms with E-state index in [0.717, 1.165) is 87.1 Å². The SMILES string of the molecule is O=C(O)C1CN(c2cc(Br)cc3nonc23)C1.OC(c1cccc(-c2cc(N3CC(CN4CCCC4)C3)c3nonc3c2)c1)C(F)(F)F.OC(c1cccc(-c2cc(N3CC(CN4CCOCC4)C3)c3nonc3c2)c1)C(F)(F)F. The van der Waals surface area contributed by atoms with Crippen LogP contribution in [0.4, 0.5) is 43.4 Å². The van der Waals surface area contributed by atoms with Crippen molar-refractivity contribution in [1.29, 1.82) is 0 Å². The summed E-state index contributed by atoms with van der Waals surface area (Å²) in [4.78, 5) is 22.0. The summed E-state index contributed by atoms with van der Waals surface area (Å²) in [5.41, 5.74) is 8.39. The van der Waals surface area contributed by atoms with Gasteiger partial charge in [0.1, 0.15) is 16.6 Å². The van der Waals surface area contributed by atoms with Crippen LogP contribution in [0.1, 0.15) is 36.2 Å². The van der Waals surface area contributed by atoms with Crippen LogP contribution in [0.3, 0.4) is 0 Å². The predicted molar refractivity (Wildman–Crippen MR) is 284 cm³/mol. The molecule has 2 unspecified atom stereocenters. The van der Waals surface area contributed by atoms with Gasteiger partial charge >= 0.3 is 18.3 Å². The van der Waals surface area contributed by atoms with E-state index >= 15 is 0 Å². The van der Waals surface area contributed by atoms with E-state index in [2.05, 4.69) is 71.1 Å². The average Bonchev–Trinajstić information content (AvgIpc) is 4.28. The molecule has 2 atom stereocenters. The number of hydrogen-bond donors (Lipinski definition) is 3. The molecule has 0 saturated carbocycles. The van der Waals surface area contributed by atoms with E-state index in [1.54, 1.807) is 24.3 Å². The second-order valence-electron chi connectivity index (χ2n) is 20.9. The van der Waals surface area contributed by atoms with Crippen LogP contribution in [-0.2, 0) is 9.53 Å². The first-order valence-electron chi connectivity index (χ1n) is 26.1. The Balaban J connectivity index is 0.000000132. The highest BCUT2D eigenvalue weighted by molar-refractivity contribution is 9.10. The molecule has 3 aromatic heterocycles. The van der Waals surface area contributed by atoms with Gasteiger partial charge in [-0.1, -0.05) is 52.3 Å². The van der Waals surface area contributed by atoms with E-state index in [4.69, 9.17) is 19.1 Å². The van der Waals surface area contributed by atoms with Gasteiger partial charge in [0.05, 0.1) is 36.2 Å². The minimum absolute atomic E-state index is 0.195. The van der Waals surface area contributed by atoms with Crippen molar-refractivity contribution in [3.63, 3.8) is 0 Å². The molecule has 0 spiro atoms. The summed E-state index contributed by atoms with van der Waals surface area (Å²) in [5.74, 6) is 0.0496. The first-order chi connectivity index (χ1) is 38.4. The fraction of sp³-hybridized carbons (Fsp3) is 0.426. The van der Waals surface area contributed by atoms with Gasteiger partial charge < -0.3 is 39.7 Å². The molecule has 26 heteroatoms. The third-order valence-corrected chi connectivity index (χ3v) is 15.6.